The van der Waals surface area contributed by atoms with Gasteiger partial charge in [0.15, 0.2) is 0 Å². The Morgan fingerprint density at radius 3 is 2.40 bits per heavy atom. The highest BCUT2D eigenvalue weighted by Gasteiger charge is 2.12. The highest BCUT2D eigenvalue weighted by molar-refractivity contribution is 5.35. The number of para-hydroxylation sites is 1. The second kappa shape index (κ2) is 10.6. The summed E-state index contributed by atoms with van der Waals surface area (Å²) in [6.45, 7) is 2.56. The van der Waals surface area contributed by atoms with Crippen LogP contribution in [-0.2, 0) is 14.2 Å². The average Bonchev–Trinajstić information content (AvgIpc) is 2.47. The van der Waals surface area contributed by atoms with Gasteiger partial charge in [0.05, 0.1) is 25.9 Å². The fraction of sp³-hybridized carbons (Fsp3) is 0.600. The van der Waals surface area contributed by atoms with E-state index in [4.69, 9.17) is 18.9 Å². The summed E-state index contributed by atoms with van der Waals surface area (Å²) >= 11 is 0. The molecule has 5 nitrogen and oxygen atoms in total. The number of aliphatic hydroxyl groups is 1. The van der Waals surface area contributed by atoms with Crippen LogP contribution in [0.25, 0.3) is 0 Å². The van der Waals surface area contributed by atoms with E-state index in [1.54, 1.807) is 14.2 Å². The van der Waals surface area contributed by atoms with Crippen molar-refractivity contribution >= 4 is 0 Å². The van der Waals surface area contributed by atoms with Gasteiger partial charge in [0, 0.05) is 32.8 Å². The van der Waals surface area contributed by atoms with Crippen molar-refractivity contribution in [1.29, 1.82) is 0 Å². The molecule has 114 valence electrons. The van der Waals surface area contributed by atoms with Gasteiger partial charge in [0.1, 0.15) is 12.4 Å². The second-order valence-electron chi connectivity index (χ2n) is 4.29. The topological polar surface area (TPSA) is 57.2 Å². The van der Waals surface area contributed by atoms with Crippen LogP contribution in [-0.4, -0.2) is 52.4 Å². The molecule has 0 saturated carbocycles. The fourth-order valence-corrected chi connectivity index (χ4v) is 1.72. The van der Waals surface area contributed by atoms with Gasteiger partial charge in [-0.25, -0.2) is 0 Å². The molecule has 1 aromatic rings. The standard InChI is InChI=1S/C15H24O5/c1-17-9-11-19-8-7-14(16)13-5-3-4-6-15(13)20-12-10-18-2/h3-6,14,16H,7-12H2,1-2H3. The smallest absolute Gasteiger partial charge is 0.125 e. The number of ether oxygens (including phenoxy) is 4. The molecule has 0 fully saturated rings. The Bertz CT molecular complexity index is 356. The van der Waals surface area contributed by atoms with Gasteiger partial charge in [0.25, 0.3) is 0 Å². The molecule has 0 amide bonds. The SMILES string of the molecule is COCCOCCC(O)c1ccccc1OCCOC. The molecule has 20 heavy (non-hydrogen) atoms. The molecule has 0 aliphatic heterocycles. The molecule has 1 N–H and O–H groups in total. The van der Waals surface area contributed by atoms with Crippen LogP contribution in [0, 0.1) is 0 Å². The van der Waals surface area contributed by atoms with E-state index in [1.165, 1.54) is 0 Å². The number of rotatable bonds is 11. The Hall–Kier alpha value is -1.14. The van der Waals surface area contributed by atoms with Crippen molar-refractivity contribution in [3.8, 4) is 5.75 Å². The molecule has 0 aliphatic carbocycles. The van der Waals surface area contributed by atoms with Crippen LogP contribution in [0.2, 0.25) is 0 Å². The van der Waals surface area contributed by atoms with Crippen LogP contribution in [0.4, 0.5) is 0 Å². The Balaban J connectivity index is 2.43. The number of benzene rings is 1. The normalized spacial score (nSPS) is 12.3. The van der Waals surface area contributed by atoms with Gasteiger partial charge in [-0.3, -0.25) is 0 Å². The van der Waals surface area contributed by atoms with E-state index in [1.807, 2.05) is 24.3 Å². The maximum atomic E-state index is 10.2. The maximum Gasteiger partial charge on any atom is 0.125 e. The predicted molar refractivity (Wildman–Crippen MR) is 76.1 cm³/mol. The third kappa shape index (κ3) is 6.34. The lowest BCUT2D eigenvalue weighted by Gasteiger charge is -2.16. The van der Waals surface area contributed by atoms with Gasteiger partial charge in [0.2, 0.25) is 0 Å². The second-order valence-corrected chi connectivity index (χ2v) is 4.29. The van der Waals surface area contributed by atoms with Crippen LogP contribution < -0.4 is 4.74 Å². The van der Waals surface area contributed by atoms with Gasteiger partial charge in [-0.1, -0.05) is 18.2 Å². The minimum Gasteiger partial charge on any atom is -0.491 e. The zero-order chi connectivity index (χ0) is 14.6. The Morgan fingerprint density at radius 1 is 0.950 bits per heavy atom. The van der Waals surface area contributed by atoms with Crippen molar-refractivity contribution in [1.82, 2.24) is 0 Å². The molecular formula is C15H24O5. The zero-order valence-corrected chi connectivity index (χ0v) is 12.2. The van der Waals surface area contributed by atoms with E-state index in [2.05, 4.69) is 0 Å². The zero-order valence-electron chi connectivity index (χ0n) is 12.2. The first-order valence-electron chi connectivity index (χ1n) is 6.75. The lowest BCUT2D eigenvalue weighted by Crippen LogP contribution is -2.10. The molecule has 0 saturated heterocycles. The van der Waals surface area contributed by atoms with Crippen molar-refractivity contribution in [3.05, 3.63) is 29.8 Å². The van der Waals surface area contributed by atoms with Gasteiger partial charge in [-0.05, 0) is 6.07 Å². The molecule has 5 heteroatoms. The van der Waals surface area contributed by atoms with Crippen molar-refractivity contribution in [2.75, 3.05) is 47.3 Å². The monoisotopic (exact) mass is 284 g/mol. The summed E-state index contributed by atoms with van der Waals surface area (Å²) in [6.07, 6.45) is -0.0785. The average molecular weight is 284 g/mol. The largest absolute Gasteiger partial charge is 0.491 e. The van der Waals surface area contributed by atoms with Gasteiger partial charge in [-0.2, -0.15) is 0 Å². The third-order valence-corrected chi connectivity index (χ3v) is 2.79. The van der Waals surface area contributed by atoms with Crippen molar-refractivity contribution in [2.45, 2.75) is 12.5 Å². The number of hydrogen-bond donors (Lipinski definition) is 1. The van der Waals surface area contributed by atoms with Crippen LogP contribution >= 0.6 is 0 Å². The molecule has 0 bridgehead atoms. The quantitative estimate of drug-likeness (QED) is 0.628. The predicted octanol–water partition coefficient (Wildman–Crippen LogP) is 1.80. The molecule has 1 unspecified atom stereocenters. The van der Waals surface area contributed by atoms with E-state index in [0.717, 1.165) is 5.56 Å². The van der Waals surface area contributed by atoms with Crippen LogP contribution in [0.15, 0.2) is 24.3 Å². The molecular weight excluding hydrogens is 260 g/mol. The van der Waals surface area contributed by atoms with Gasteiger partial charge in [-0.15, -0.1) is 0 Å². The fourth-order valence-electron chi connectivity index (χ4n) is 1.72. The summed E-state index contributed by atoms with van der Waals surface area (Å²) in [4.78, 5) is 0. The van der Waals surface area contributed by atoms with Gasteiger partial charge >= 0.3 is 0 Å². The molecule has 1 atom stereocenters. The Labute approximate surface area is 120 Å². The highest BCUT2D eigenvalue weighted by atomic mass is 16.5. The first-order valence-corrected chi connectivity index (χ1v) is 6.75. The van der Waals surface area contributed by atoms with E-state index >= 15 is 0 Å². The van der Waals surface area contributed by atoms with Crippen LogP contribution in [0.5, 0.6) is 5.75 Å². The minimum absolute atomic E-state index is 0.463. The lowest BCUT2D eigenvalue weighted by molar-refractivity contribution is 0.0467. The van der Waals surface area contributed by atoms with E-state index in [-0.39, 0.29) is 0 Å². The molecule has 1 aromatic carbocycles. The van der Waals surface area contributed by atoms with Crippen molar-refractivity contribution < 1.29 is 24.1 Å². The van der Waals surface area contributed by atoms with Crippen LogP contribution in [0.1, 0.15) is 18.1 Å². The van der Waals surface area contributed by atoms with Crippen LogP contribution in [0.3, 0.4) is 0 Å². The third-order valence-electron chi connectivity index (χ3n) is 2.79. The molecule has 0 aliphatic rings. The van der Waals surface area contributed by atoms with Crippen molar-refractivity contribution in [3.63, 3.8) is 0 Å². The summed E-state index contributed by atoms with van der Waals surface area (Å²) in [5, 5.41) is 10.2. The number of methoxy groups -OCH3 is 2. The molecule has 1 rings (SSSR count). The molecule has 0 aromatic heterocycles. The highest BCUT2D eigenvalue weighted by Crippen LogP contribution is 2.27. The number of aliphatic hydroxyl groups excluding tert-OH is 1. The minimum atomic E-state index is -0.601. The molecule has 0 spiro atoms. The summed E-state index contributed by atoms with van der Waals surface area (Å²) < 4.78 is 20.8. The molecule has 0 heterocycles. The first-order chi connectivity index (χ1) is 9.79. The van der Waals surface area contributed by atoms with E-state index < -0.39 is 6.10 Å². The summed E-state index contributed by atoms with van der Waals surface area (Å²) in [5.74, 6) is 0.689. The summed E-state index contributed by atoms with van der Waals surface area (Å²) in [5.41, 5.74) is 0.777. The summed E-state index contributed by atoms with van der Waals surface area (Å²) in [7, 11) is 3.26. The maximum absolute atomic E-state index is 10.2. The molecule has 0 radical (unpaired) electrons. The van der Waals surface area contributed by atoms with Gasteiger partial charge < -0.3 is 24.1 Å². The lowest BCUT2D eigenvalue weighted by atomic mass is 10.1. The van der Waals surface area contributed by atoms with E-state index in [9.17, 15) is 5.11 Å². The number of hydrogen-bond acceptors (Lipinski definition) is 5. The first kappa shape index (κ1) is 16.9. The Kier molecular flexibility index (Phi) is 8.98. The van der Waals surface area contributed by atoms with Crippen molar-refractivity contribution in [2.24, 2.45) is 0 Å². The van der Waals surface area contributed by atoms with E-state index in [0.29, 0.717) is 45.2 Å². The Morgan fingerprint density at radius 2 is 1.65 bits per heavy atom. The summed E-state index contributed by atoms with van der Waals surface area (Å²) in [6, 6.07) is 7.48.